The minimum absolute atomic E-state index is 0.192. The lowest BCUT2D eigenvalue weighted by molar-refractivity contribution is 0.00677. The largest absolute Gasteiger partial charge is 0.456 e. The molecule has 0 saturated carbocycles. The number of hydrogen-bond acceptors (Lipinski definition) is 4. The summed E-state index contributed by atoms with van der Waals surface area (Å²) in [4.78, 5) is 29.7. The summed E-state index contributed by atoms with van der Waals surface area (Å²) in [7, 11) is 0. The summed E-state index contributed by atoms with van der Waals surface area (Å²) < 4.78 is 6.11. The topological polar surface area (TPSA) is 68.3 Å². The van der Waals surface area contributed by atoms with Crippen LogP contribution in [0.1, 0.15) is 41.5 Å². The van der Waals surface area contributed by atoms with Crippen molar-refractivity contribution in [2.45, 2.75) is 26.4 Å². The van der Waals surface area contributed by atoms with Gasteiger partial charge in [0.1, 0.15) is 11.4 Å². The molecular formula is C21H19BrN2O3. The Labute approximate surface area is 165 Å². The predicted octanol–water partition coefficient (Wildman–Crippen LogP) is 5.20. The third kappa shape index (κ3) is 4.71. The van der Waals surface area contributed by atoms with Crippen molar-refractivity contribution in [3.05, 3.63) is 70.2 Å². The van der Waals surface area contributed by atoms with E-state index in [0.717, 1.165) is 10.9 Å². The van der Waals surface area contributed by atoms with Gasteiger partial charge >= 0.3 is 5.97 Å². The zero-order chi connectivity index (χ0) is 19.6. The van der Waals surface area contributed by atoms with E-state index >= 15 is 0 Å². The lowest BCUT2D eigenvalue weighted by atomic mass is 10.1. The van der Waals surface area contributed by atoms with Crippen LogP contribution in [0.25, 0.3) is 10.9 Å². The monoisotopic (exact) mass is 426 g/mol. The maximum Gasteiger partial charge on any atom is 0.339 e. The zero-order valence-corrected chi connectivity index (χ0v) is 16.8. The van der Waals surface area contributed by atoms with Gasteiger partial charge in [0.2, 0.25) is 0 Å². The first-order valence-electron chi connectivity index (χ1n) is 8.43. The summed E-state index contributed by atoms with van der Waals surface area (Å²) in [5, 5.41) is 3.73. The van der Waals surface area contributed by atoms with Crippen molar-refractivity contribution < 1.29 is 14.3 Å². The first-order chi connectivity index (χ1) is 12.7. The molecule has 0 atom stereocenters. The first kappa shape index (κ1) is 19.0. The van der Waals surface area contributed by atoms with Gasteiger partial charge in [0.15, 0.2) is 0 Å². The summed E-state index contributed by atoms with van der Waals surface area (Å²) in [6, 6.07) is 16.1. The number of carbonyl (C=O) groups excluding carboxylic acids is 2. The standard InChI is InChI=1S/C21H19BrN2O3/c1-21(2,3)27-20(26)16-12-14(22)9-10-15(16)19(25)24-18-11-8-13-6-4-5-7-17(13)23-18/h4-12H,1-3H3,(H,23,24,25). The van der Waals surface area contributed by atoms with Gasteiger partial charge in [0.25, 0.3) is 5.91 Å². The fraction of sp³-hybridized carbons (Fsp3) is 0.190. The van der Waals surface area contributed by atoms with Gasteiger partial charge in [-0.2, -0.15) is 0 Å². The van der Waals surface area contributed by atoms with Crippen molar-refractivity contribution in [3.63, 3.8) is 0 Å². The molecule has 0 spiro atoms. The van der Waals surface area contributed by atoms with Crippen LogP contribution in [-0.2, 0) is 4.74 Å². The second-order valence-electron chi connectivity index (χ2n) is 7.04. The number of nitrogens with zero attached hydrogens (tertiary/aromatic N) is 1. The maximum absolute atomic E-state index is 12.8. The third-order valence-corrected chi connectivity index (χ3v) is 4.18. The molecule has 0 saturated heterocycles. The van der Waals surface area contributed by atoms with Crippen molar-refractivity contribution in [3.8, 4) is 0 Å². The Balaban J connectivity index is 1.90. The molecule has 0 aliphatic rings. The van der Waals surface area contributed by atoms with Gasteiger partial charge in [-0.3, -0.25) is 4.79 Å². The molecular weight excluding hydrogens is 408 g/mol. The van der Waals surface area contributed by atoms with E-state index < -0.39 is 17.5 Å². The average Bonchev–Trinajstić information content (AvgIpc) is 2.60. The van der Waals surface area contributed by atoms with E-state index in [1.54, 1.807) is 45.0 Å². The molecule has 3 aromatic rings. The van der Waals surface area contributed by atoms with Crippen LogP contribution in [0, 0.1) is 0 Å². The van der Waals surface area contributed by atoms with E-state index in [4.69, 9.17) is 4.74 Å². The van der Waals surface area contributed by atoms with Crippen LogP contribution in [0.3, 0.4) is 0 Å². The Kier molecular flexibility index (Phi) is 5.28. The Bertz CT molecular complexity index is 1030. The van der Waals surface area contributed by atoms with E-state index in [9.17, 15) is 9.59 Å². The molecule has 1 amide bonds. The van der Waals surface area contributed by atoms with E-state index in [2.05, 4.69) is 26.2 Å². The number of nitrogens with one attached hydrogen (secondary N) is 1. The molecule has 0 aliphatic carbocycles. The van der Waals surface area contributed by atoms with Crippen LogP contribution in [0.2, 0.25) is 0 Å². The number of anilines is 1. The number of ether oxygens (including phenoxy) is 1. The molecule has 5 nitrogen and oxygen atoms in total. The first-order valence-corrected chi connectivity index (χ1v) is 9.22. The number of amides is 1. The molecule has 1 heterocycles. The molecule has 138 valence electrons. The van der Waals surface area contributed by atoms with Crippen LogP contribution in [0.15, 0.2) is 59.1 Å². The number of hydrogen-bond donors (Lipinski definition) is 1. The van der Waals surface area contributed by atoms with E-state index in [1.807, 2.05) is 30.3 Å². The second kappa shape index (κ2) is 7.48. The van der Waals surface area contributed by atoms with E-state index in [-0.39, 0.29) is 11.1 Å². The summed E-state index contributed by atoms with van der Waals surface area (Å²) >= 11 is 3.34. The molecule has 6 heteroatoms. The molecule has 0 fully saturated rings. The third-order valence-electron chi connectivity index (χ3n) is 3.69. The number of carbonyl (C=O) groups is 2. The predicted molar refractivity (Wildman–Crippen MR) is 109 cm³/mol. The number of rotatable bonds is 3. The SMILES string of the molecule is CC(C)(C)OC(=O)c1cc(Br)ccc1C(=O)Nc1ccc2ccccc2n1. The highest BCUT2D eigenvalue weighted by Gasteiger charge is 2.23. The lowest BCUT2D eigenvalue weighted by Crippen LogP contribution is -2.26. The number of halogens is 1. The molecule has 0 radical (unpaired) electrons. The second-order valence-corrected chi connectivity index (χ2v) is 7.95. The van der Waals surface area contributed by atoms with Crippen molar-refractivity contribution >= 4 is 44.5 Å². The summed E-state index contributed by atoms with van der Waals surface area (Å²) in [5.74, 6) is -0.566. The van der Waals surface area contributed by atoms with Crippen molar-refractivity contribution in [2.24, 2.45) is 0 Å². The van der Waals surface area contributed by atoms with Gasteiger partial charge in [-0.1, -0.05) is 34.1 Å². The fourth-order valence-electron chi connectivity index (χ4n) is 2.54. The highest BCUT2D eigenvalue weighted by atomic mass is 79.9. The highest BCUT2D eigenvalue weighted by Crippen LogP contribution is 2.22. The maximum atomic E-state index is 12.8. The summed E-state index contributed by atoms with van der Waals surface area (Å²) in [6.07, 6.45) is 0. The van der Waals surface area contributed by atoms with Gasteiger partial charge in [0, 0.05) is 9.86 Å². The van der Waals surface area contributed by atoms with Crippen LogP contribution < -0.4 is 5.32 Å². The minimum atomic E-state index is -0.660. The summed E-state index contributed by atoms with van der Waals surface area (Å²) in [6.45, 7) is 5.34. The molecule has 1 N–H and O–H groups in total. The van der Waals surface area contributed by atoms with Gasteiger partial charge in [-0.05, 0) is 57.2 Å². The molecule has 27 heavy (non-hydrogen) atoms. The number of esters is 1. The number of aromatic nitrogens is 1. The number of benzene rings is 2. The van der Waals surface area contributed by atoms with Crippen LogP contribution in [0.4, 0.5) is 5.82 Å². The summed E-state index contributed by atoms with van der Waals surface area (Å²) in [5.41, 5.74) is 0.533. The Hall–Kier alpha value is -2.73. The van der Waals surface area contributed by atoms with Crippen LogP contribution in [-0.4, -0.2) is 22.5 Å². The molecule has 1 aromatic heterocycles. The van der Waals surface area contributed by atoms with Gasteiger partial charge < -0.3 is 10.1 Å². The van der Waals surface area contributed by atoms with E-state index in [0.29, 0.717) is 10.3 Å². The number of para-hydroxylation sites is 1. The average molecular weight is 427 g/mol. The van der Waals surface area contributed by atoms with E-state index in [1.165, 1.54) is 0 Å². The van der Waals surface area contributed by atoms with Gasteiger partial charge in [0.05, 0.1) is 16.6 Å². The number of pyridine rings is 1. The molecule has 0 bridgehead atoms. The van der Waals surface area contributed by atoms with Crippen LogP contribution >= 0.6 is 15.9 Å². The molecule has 2 aromatic carbocycles. The zero-order valence-electron chi connectivity index (χ0n) is 15.2. The van der Waals surface area contributed by atoms with Gasteiger partial charge in [-0.15, -0.1) is 0 Å². The lowest BCUT2D eigenvalue weighted by Gasteiger charge is -2.20. The smallest absolute Gasteiger partial charge is 0.339 e. The Morgan fingerprint density at radius 2 is 1.74 bits per heavy atom. The Morgan fingerprint density at radius 3 is 2.48 bits per heavy atom. The number of fused-ring (bicyclic) bond motifs is 1. The van der Waals surface area contributed by atoms with Gasteiger partial charge in [-0.25, -0.2) is 9.78 Å². The van der Waals surface area contributed by atoms with Crippen molar-refractivity contribution in [1.29, 1.82) is 0 Å². The Morgan fingerprint density at radius 1 is 1.00 bits per heavy atom. The molecule has 3 rings (SSSR count). The normalized spacial score (nSPS) is 11.3. The minimum Gasteiger partial charge on any atom is -0.456 e. The fourth-order valence-corrected chi connectivity index (χ4v) is 2.90. The van der Waals surface area contributed by atoms with Crippen molar-refractivity contribution in [1.82, 2.24) is 4.98 Å². The van der Waals surface area contributed by atoms with Crippen molar-refractivity contribution in [2.75, 3.05) is 5.32 Å². The highest BCUT2D eigenvalue weighted by molar-refractivity contribution is 9.10. The van der Waals surface area contributed by atoms with Crippen LogP contribution in [0.5, 0.6) is 0 Å². The molecule has 0 unspecified atom stereocenters. The quantitative estimate of drug-likeness (QED) is 0.583. The molecule has 0 aliphatic heterocycles.